The van der Waals surface area contributed by atoms with E-state index < -0.39 is 0 Å². The van der Waals surface area contributed by atoms with Gasteiger partial charge in [-0.1, -0.05) is 147 Å². The number of fused-ring (bicyclic) bond motifs is 9. The summed E-state index contributed by atoms with van der Waals surface area (Å²) >= 11 is 0. The summed E-state index contributed by atoms with van der Waals surface area (Å²) < 4.78 is 4.89. The van der Waals surface area contributed by atoms with Gasteiger partial charge in [0, 0.05) is 55.0 Å². The first kappa shape index (κ1) is 33.6. The van der Waals surface area contributed by atoms with Gasteiger partial charge >= 0.3 is 0 Å². The van der Waals surface area contributed by atoms with Crippen LogP contribution in [0.2, 0.25) is 0 Å². The Balaban J connectivity index is 1.11. The summed E-state index contributed by atoms with van der Waals surface area (Å²) in [7, 11) is 0. The lowest BCUT2D eigenvalue weighted by Crippen LogP contribution is -2.14. The molecular weight excluding hydrogens is 717 g/mol. The minimum absolute atomic E-state index is 0.129. The van der Waals surface area contributed by atoms with Gasteiger partial charge in [-0.15, -0.1) is 0 Å². The fraction of sp³-hybridized carbons (Fsp3) is 0.0545. The minimum Gasteiger partial charge on any atom is -0.309 e. The lowest BCUT2D eigenvalue weighted by atomic mass is 9.82. The molecule has 0 unspecified atom stereocenters. The van der Waals surface area contributed by atoms with E-state index >= 15 is 0 Å². The van der Waals surface area contributed by atoms with Gasteiger partial charge in [-0.05, 0) is 82.9 Å². The molecule has 278 valence electrons. The first-order valence-electron chi connectivity index (χ1n) is 20.3. The van der Waals surface area contributed by atoms with Crippen molar-refractivity contribution in [3.63, 3.8) is 0 Å². The minimum atomic E-state index is -0.129. The zero-order chi connectivity index (χ0) is 39.2. The van der Waals surface area contributed by atoms with Crippen LogP contribution in [-0.4, -0.2) is 19.1 Å². The van der Waals surface area contributed by atoms with Gasteiger partial charge in [0.1, 0.15) is 0 Å². The highest BCUT2D eigenvalue weighted by atomic mass is 15.0. The van der Waals surface area contributed by atoms with Crippen molar-refractivity contribution in [1.82, 2.24) is 19.1 Å². The Bertz CT molecular complexity index is 3370. The molecule has 0 fully saturated rings. The highest BCUT2D eigenvalue weighted by molar-refractivity contribution is 6.20. The molecular formula is C55H38N4. The molecule has 0 amide bonds. The summed E-state index contributed by atoms with van der Waals surface area (Å²) in [6.07, 6.45) is 0. The Morgan fingerprint density at radius 1 is 0.356 bits per heavy atom. The summed E-state index contributed by atoms with van der Waals surface area (Å²) in [5.74, 6) is 0.712. The van der Waals surface area contributed by atoms with Gasteiger partial charge in [-0.2, -0.15) is 0 Å². The van der Waals surface area contributed by atoms with Crippen LogP contribution in [0.4, 0.5) is 0 Å². The molecule has 0 spiro atoms. The van der Waals surface area contributed by atoms with Crippen LogP contribution in [0.3, 0.4) is 0 Å². The Morgan fingerprint density at radius 2 is 0.881 bits per heavy atom. The van der Waals surface area contributed by atoms with E-state index in [1.807, 2.05) is 24.3 Å². The monoisotopic (exact) mass is 754 g/mol. The maximum Gasteiger partial charge on any atom is 0.160 e. The normalized spacial score (nSPS) is 13.1. The smallest absolute Gasteiger partial charge is 0.160 e. The van der Waals surface area contributed by atoms with Gasteiger partial charge in [0.2, 0.25) is 0 Å². The predicted octanol–water partition coefficient (Wildman–Crippen LogP) is 14.0. The van der Waals surface area contributed by atoms with Gasteiger partial charge in [-0.25, -0.2) is 9.97 Å². The van der Waals surface area contributed by atoms with Crippen molar-refractivity contribution < 1.29 is 0 Å². The van der Waals surface area contributed by atoms with Crippen LogP contribution in [0.25, 0.3) is 100 Å². The molecule has 1 aliphatic rings. The third-order valence-corrected chi connectivity index (χ3v) is 12.5. The van der Waals surface area contributed by atoms with Crippen LogP contribution < -0.4 is 0 Å². The number of benzene rings is 8. The Hall–Kier alpha value is -7.56. The van der Waals surface area contributed by atoms with Crippen molar-refractivity contribution in [2.24, 2.45) is 0 Å². The fourth-order valence-electron chi connectivity index (χ4n) is 9.65. The molecule has 3 aromatic heterocycles. The lowest BCUT2D eigenvalue weighted by molar-refractivity contribution is 0.661. The van der Waals surface area contributed by atoms with E-state index in [1.54, 1.807) is 0 Å². The molecule has 0 aliphatic heterocycles. The zero-order valence-electron chi connectivity index (χ0n) is 32.8. The molecule has 0 saturated carbocycles. The molecule has 0 radical (unpaired) electrons. The Kier molecular flexibility index (Phi) is 7.24. The predicted molar refractivity (Wildman–Crippen MR) is 245 cm³/mol. The first-order valence-corrected chi connectivity index (χ1v) is 20.3. The number of hydrogen-bond acceptors (Lipinski definition) is 2. The molecule has 0 bridgehead atoms. The summed E-state index contributed by atoms with van der Waals surface area (Å²) in [6, 6.07) is 69.9. The maximum absolute atomic E-state index is 5.14. The van der Waals surface area contributed by atoms with Crippen LogP contribution in [0.1, 0.15) is 25.0 Å². The molecule has 0 saturated heterocycles. The molecule has 4 heteroatoms. The summed E-state index contributed by atoms with van der Waals surface area (Å²) in [5, 5.41) is 5.00. The quantitative estimate of drug-likeness (QED) is 0.175. The van der Waals surface area contributed by atoms with Crippen LogP contribution >= 0.6 is 0 Å². The van der Waals surface area contributed by atoms with Crippen LogP contribution in [0.5, 0.6) is 0 Å². The van der Waals surface area contributed by atoms with Crippen molar-refractivity contribution in [1.29, 1.82) is 0 Å². The van der Waals surface area contributed by atoms with Gasteiger partial charge in [0.05, 0.1) is 33.5 Å². The van der Waals surface area contributed by atoms with Gasteiger partial charge in [0.25, 0.3) is 0 Å². The van der Waals surface area contributed by atoms with E-state index in [9.17, 15) is 0 Å². The van der Waals surface area contributed by atoms with Gasteiger partial charge in [0.15, 0.2) is 5.82 Å². The zero-order valence-corrected chi connectivity index (χ0v) is 32.8. The van der Waals surface area contributed by atoms with Crippen molar-refractivity contribution >= 4 is 43.6 Å². The average molecular weight is 755 g/mol. The van der Waals surface area contributed by atoms with Crippen molar-refractivity contribution in [3.8, 4) is 56.4 Å². The second-order valence-corrected chi connectivity index (χ2v) is 16.2. The maximum atomic E-state index is 5.14. The molecule has 0 N–H and O–H groups in total. The van der Waals surface area contributed by atoms with Crippen molar-refractivity contribution in [3.05, 3.63) is 205 Å². The molecule has 3 heterocycles. The van der Waals surface area contributed by atoms with Crippen LogP contribution in [-0.2, 0) is 5.41 Å². The first-order chi connectivity index (χ1) is 29.0. The van der Waals surface area contributed by atoms with E-state index in [1.165, 1.54) is 65.9 Å². The van der Waals surface area contributed by atoms with E-state index in [2.05, 4.69) is 193 Å². The third kappa shape index (κ3) is 5.09. The summed E-state index contributed by atoms with van der Waals surface area (Å²) in [6.45, 7) is 4.73. The highest BCUT2D eigenvalue weighted by Crippen LogP contribution is 2.51. The number of para-hydroxylation sites is 2. The number of hydrogen-bond donors (Lipinski definition) is 0. The highest BCUT2D eigenvalue weighted by Gasteiger charge is 2.36. The van der Waals surface area contributed by atoms with E-state index in [4.69, 9.17) is 9.97 Å². The Labute approximate surface area is 342 Å². The molecule has 0 atom stereocenters. The molecule has 11 aromatic rings. The van der Waals surface area contributed by atoms with Crippen molar-refractivity contribution in [2.75, 3.05) is 0 Å². The molecule has 59 heavy (non-hydrogen) atoms. The standard InChI is InChI=1S/C55H38N4/c1-55(2)46-24-14-12-22-40(46)42-30-44-45-31-43-41-23-13-15-25-50(41)58(38-20-10-5-11-21-38)52(43)34-53(45)59(51(44)32-47(42)55)39-28-26-36(27-29-39)49-33-48(35-16-6-3-7-17-35)56-54(57-49)37-18-8-4-9-19-37/h3-34H,1-2H3. The third-order valence-electron chi connectivity index (χ3n) is 12.5. The largest absolute Gasteiger partial charge is 0.309 e. The van der Waals surface area contributed by atoms with E-state index in [-0.39, 0.29) is 5.41 Å². The van der Waals surface area contributed by atoms with Crippen LogP contribution in [0, 0.1) is 0 Å². The summed E-state index contributed by atoms with van der Waals surface area (Å²) in [4.78, 5) is 10.2. The molecule has 12 rings (SSSR count). The number of aromatic nitrogens is 4. The van der Waals surface area contributed by atoms with E-state index in [0.29, 0.717) is 5.82 Å². The van der Waals surface area contributed by atoms with Gasteiger partial charge in [-0.3, -0.25) is 0 Å². The SMILES string of the molecule is CC1(C)c2ccccc2-c2cc3c4cc5c6ccccc6n(-c6ccccc6)c5cc4n(-c4ccc(-c5cc(-c6ccccc6)nc(-c6ccccc6)n5)cc4)c3cc21. The average Bonchev–Trinajstić information content (AvgIpc) is 3.87. The molecule has 8 aromatic carbocycles. The molecule has 1 aliphatic carbocycles. The fourth-order valence-corrected chi connectivity index (χ4v) is 9.65. The topological polar surface area (TPSA) is 35.6 Å². The Morgan fingerprint density at radius 3 is 1.61 bits per heavy atom. The van der Waals surface area contributed by atoms with Crippen LogP contribution in [0.15, 0.2) is 194 Å². The van der Waals surface area contributed by atoms with Crippen molar-refractivity contribution in [2.45, 2.75) is 19.3 Å². The number of rotatable bonds is 5. The second kappa shape index (κ2) is 12.7. The second-order valence-electron chi connectivity index (χ2n) is 16.2. The lowest BCUT2D eigenvalue weighted by Gasteiger charge is -2.21. The summed E-state index contributed by atoms with van der Waals surface area (Å²) in [5.41, 5.74) is 17.2. The van der Waals surface area contributed by atoms with Gasteiger partial charge < -0.3 is 9.13 Å². The number of nitrogens with zero attached hydrogens (tertiary/aromatic N) is 4. The van der Waals surface area contributed by atoms with E-state index in [0.717, 1.165) is 39.5 Å². The molecule has 4 nitrogen and oxygen atoms in total.